The summed E-state index contributed by atoms with van der Waals surface area (Å²) in [6.45, 7) is 12.5. The van der Waals surface area contributed by atoms with Gasteiger partial charge >= 0.3 is 127 Å². The van der Waals surface area contributed by atoms with Crippen LogP contribution in [0.2, 0.25) is 0 Å². The summed E-state index contributed by atoms with van der Waals surface area (Å²) in [7, 11) is -4.67. The van der Waals surface area contributed by atoms with Crippen LogP contribution in [-0.4, -0.2) is 142 Å². The van der Waals surface area contributed by atoms with Crippen molar-refractivity contribution in [3.05, 3.63) is 167 Å². The summed E-state index contributed by atoms with van der Waals surface area (Å²) < 4.78 is 52.2. The Bertz CT molecular complexity index is 4800. The van der Waals surface area contributed by atoms with Crippen LogP contribution < -0.4 is 74.2 Å². The first-order valence-corrected chi connectivity index (χ1v) is 35.8. The number of hydrogen-bond acceptors (Lipinski definition) is 23. The van der Waals surface area contributed by atoms with Gasteiger partial charge in [-0.25, -0.2) is 52.7 Å². The number of esters is 8. The van der Waals surface area contributed by atoms with E-state index in [1.54, 1.807) is 26.0 Å². The topological polar surface area (TPSA) is 463 Å². The number of nitrogens with zero attached hydrogens (tertiary/aromatic N) is 4. The second-order valence-electron chi connectivity index (χ2n) is 23.1. The number of aromatic nitrogens is 3. The first kappa shape index (κ1) is 106. The maximum Gasteiger partial charge on any atom is 1.00 e. The minimum Gasteiger partial charge on any atom is -0.481 e. The molecule has 6 aromatic carbocycles. The van der Waals surface area contributed by atoms with Crippen LogP contribution in [0.15, 0.2) is 71.9 Å². The number of ether oxygens (including phenoxy) is 4. The molecule has 31 nitrogen and oxygen atoms in total. The van der Waals surface area contributed by atoms with Crippen molar-refractivity contribution < 1.29 is 157 Å². The van der Waals surface area contributed by atoms with Gasteiger partial charge in [0.15, 0.2) is 0 Å². The van der Waals surface area contributed by atoms with Gasteiger partial charge in [-0.2, -0.15) is 15.6 Å². The van der Waals surface area contributed by atoms with Crippen LogP contribution in [0, 0.1) is 13.8 Å². The van der Waals surface area contributed by atoms with E-state index >= 15 is 0 Å². The van der Waals surface area contributed by atoms with E-state index in [-0.39, 0.29) is 204 Å². The third kappa shape index (κ3) is 23.5. The van der Waals surface area contributed by atoms with E-state index in [0.717, 1.165) is 64.8 Å². The fourth-order valence-corrected chi connectivity index (χ4v) is 13.5. The fraction of sp³-hybridized carbons (Fsp3) is 0.370. The van der Waals surface area contributed by atoms with Crippen molar-refractivity contribution in [1.82, 2.24) is 22.0 Å². The number of nitrogens with two attached hydrogens (primary N) is 1. The molecule has 7 aromatic rings. The van der Waals surface area contributed by atoms with Crippen LogP contribution in [0.25, 0.3) is 32.3 Å². The molecule has 6 aliphatic rings. The molecule has 111 heavy (non-hydrogen) atoms. The number of H-pyrrole nitrogens is 1. The number of amides is 4. The summed E-state index contributed by atoms with van der Waals surface area (Å²) in [5.41, 5.74) is 6.75. The van der Waals surface area contributed by atoms with E-state index < -0.39 is 81.2 Å². The second kappa shape index (κ2) is 45.5. The molecule has 0 fully saturated rings. The first-order chi connectivity index (χ1) is 48.5. The van der Waals surface area contributed by atoms with Gasteiger partial charge in [0.2, 0.25) is 0 Å². The SMILES string of the molecule is Br.C.C.C.C.C.C.CC(=O)O.CCCCCCN.CCCCCCN1C(=O)c2cc(Br)c3c4c(cc(C)c(c24)C1=O)C(=O)N(CCCCCC)C3=O.Cc1cc2c3c(c(Br)cc4c3c1C(=O)OC4=O)C(=O)OC2=O.O=C1OC(=O)c2ccc3c4c(ccc1c24)C(=O)OC3=O.O=S(=O)(O)O.O=c1[nH]c(=O)n(Br)c(=O)n1Br.[HH].[K+]. The number of nitrogens with one attached hydrogen (secondary N) is 1. The molecule has 602 valence electrons. The van der Waals surface area contributed by atoms with Gasteiger partial charge in [0.05, 0.1) is 87.9 Å². The summed E-state index contributed by atoms with van der Waals surface area (Å²) in [5.74, 6) is -8.66. The van der Waals surface area contributed by atoms with Gasteiger partial charge < -0.3 is 29.8 Å². The number of rotatable bonds is 14. The number of hydrogen-bond donors (Lipinski definition) is 5. The van der Waals surface area contributed by atoms with Crippen molar-refractivity contribution in [3.8, 4) is 0 Å². The average molecular weight is 1920 g/mol. The number of benzene rings is 6. The molecule has 0 saturated carbocycles. The molecule has 0 unspecified atom stereocenters. The first-order valence-electron chi connectivity index (χ1n) is 31.4. The zero-order valence-corrected chi connectivity index (χ0v) is 68.7. The molecule has 7 heterocycles. The molecule has 13 rings (SSSR count). The van der Waals surface area contributed by atoms with Crippen LogP contribution >= 0.6 is 81.1 Å². The van der Waals surface area contributed by atoms with Gasteiger partial charge in [-0.05, 0) is 131 Å². The number of aryl methyl sites for hydroxylation is 2. The number of halogens is 5. The van der Waals surface area contributed by atoms with E-state index in [2.05, 4.69) is 94.4 Å². The minimum atomic E-state index is -4.67. The number of cyclic esters (lactones) is 8. The minimum absolute atomic E-state index is 0. The van der Waals surface area contributed by atoms with E-state index in [1.165, 1.54) is 71.9 Å². The van der Waals surface area contributed by atoms with E-state index in [0.29, 0.717) is 73.4 Å². The van der Waals surface area contributed by atoms with E-state index in [1.807, 2.05) is 4.98 Å². The van der Waals surface area contributed by atoms with Crippen LogP contribution in [0.5, 0.6) is 0 Å². The third-order valence-corrected chi connectivity index (χ3v) is 18.5. The van der Waals surface area contributed by atoms with Crippen LogP contribution in [0.1, 0.15) is 286 Å². The molecule has 0 radical (unpaired) electrons. The molecule has 6 aliphatic heterocycles. The summed E-state index contributed by atoms with van der Waals surface area (Å²) in [5, 5.41) is 9.34. The molecule has 38 heteroatoms. The monoisotopic (exact) mass is 1920 g/mol. The Labute approximate surface area is 727 Å². The summed E-state index contributed by atoms with van der Waals surface area (Å²) in [4.78, 5) is 194. The zero-order valence-electron chi connectivity index (χ0n) is 56.7. The quantitative estimate of drug-likeness (QED) is 0.0128. The summed E-state index contributed by atoms with van der Waals surface area (Å²) in [6, 6.07) is 11.8. The van der Waals surface area contributed by atoms with Gasteiger partial charge in [-0.3, -0.25) is 47.9 Å². The molecule has 0 atom stereocenters. The van der Waals surface area contributed by atoms with Crippen molar-refractivity contribution in [2.75, 3.05) is 19.6 Å². The number of aliphatic carboxylic acids is 1. The molecule has 0 aliphatic carbocycles. The van der Waals surface area contributed by atoms with E-state index in [4.69, 9.17) is 42.6 Å². The Balaban J connectivity index is -0.00000134. The average Bonchev–Trinajstić information content (AvgIpc) is 0.724. The Morgan fingerprint density at radius 1 is 0.441 bits per heavy atom. The van der Waals surface area contributed by atoms with Crippen molar-refractivity contribution in [3.63, 3.8) is 0 Å². The molecule has 1 aromatic heterocycles. The Morgan fingerprint density at radius 3 is 1.11 bits per heavy atom. The van der Waals surface area contributed by atoms with Gasteiger partial charge in [0, 0.05) is 73.8 Å². The molecule has 6 N–H and O–H groups in total. The number of unbranched alkanes of at least 4 members (excludes halogenated alkanes) is 9. The number of carbonyl (C=O) groups excluding carboxylic acids is 12. The zero-order chi connectivity index (χ0) is 76.5. The number of imide groups is 2. The normalized spacial score (nSPS) is 13.1. The second-order valence-corrected chi connectivity index (χ2v) is 27.1. The third-order valence-electron chi connectivity index (χ3n) is 16.0. The number of carboxylic acids is 1. The van der Waals surface area contributed by atoms with Gasteiger partial charge in [0.1, 0.15) is 0 Å². The van der Waals surface area contributed by atoms with Gasteiger partial charge in [0.25, 0.3) is 29.6 Å². The number of carbonyl (C=O) groups is 13. The van der Waals surface area contributed by atoms with Crippen molar-refractivity contribution in [2.45, 2.75) is 163 Å². The fourth-order valence-electron chi connectivity index (χ4n) is 11.6. The maximum absolute atomic E-state index is 13.5. The molecule has 0 saturated heterocycles. The molecular weight excluding hydrogens is 1830 g/mol. The predicted molar refractivity (Wildman–Crippen MR) is 432 cm³/mol. The maximum atomic E-state index is 13.5. The van der Waals surface area contributed by atoms with Crippen LogP contribution in [-0.2, 0) is 34.1 Å². The molecule has 4 amide bonds. The van der Waals surface area contributed by atoms with Gasteiger partial charge in [-0.1, -0.05) is 123 Å². The summed E-state index contributed by atoms with van der Waals surface area (Å²) in [6.07, 6.45) is 12.8. The van der Waals surface area contributed by atoms with E-state index in [9.17, 15) is 71.9 Å². The summed E-state index contributed by atoms with van der Waals surface area (Å²) >= 11 is 12.0. The number of carboxylic acid groups (broad SMARTS) is 1. The Kier molecular flexibility index (Phi) is 43.4. The Morgan fingerprint density at radius 2 is 0.721 bits per heavy atom. The molecule has 0 spiro atoms. The molecular formula is C73H89Br5KN6O25S+. The van der Waals surface area contributed by atoms with Crippen LogP contribution in [0.3, 0.4) is 0 Å². The predicted octanol–water partition coefficient (Wildman–Crippen LogP) is 11.9. The Hall–Kier alpha value is -7.31. The van der Waals surface area contributed by atoms with Crippen molar-refractivity contribution in [2.24, 2.45) is 5.73 Å². The number of aromatic amines is 1. The largest absolute Gasteiger partial charge is 1.00 e. The standard InChI is InChI=1S/C27H31BrN2O4.C15H5BrO6.C14H4O6.C6H15N.C3HBr2N3O3.C2H4O2.6CH4.BrH.K.H2O4S.H2/c1-4-6-8-10-12-29-25(32)18-15-19(28)23-22-17(14-16(3)20(21(18)22)26(29)33)24(31)30(27(23)34)13-11-9-7-5-2;1-4-2-5-10-9-6(13(18)21-14(19)8(4)9)3-7(16)11(10)15(20)22-12(5)17;15-11-5-1-2-6-10-8(14(18)20-12(6)16)4-3-7(9(5)10)13(17)19-11;1-2-3-4-5-6-7;4-7-1(9)6-2(10)8(5)3(7)11;1-2(3)4;;;;;;;;;1-5(2,3)4;/h14-15H,4-13H2,1-3H3;2-3H,1H3;1-4H;2-7H2,1H3;(H,6,9,10);1H3,(H,3,4);6*1H4;1H;;(H2,1,2,3,4);1H/q;;;;;;;;;;;;;+1;;. The van der Waals surface area contributed by atoms with Gasteiger partial charge in [-0.15, -0.1) is 17.0 Å². The molecule has 0 bridgehead atoms. The van der Waals surface area contributed by atoms with Crippen LogP contribution in [0.4, 0.5) is 0 Å². The smallest absolute Gasteiger partial charge is 0.481 e. The van der Waals surface area contributed by atoms with Crippen molar-refractivity contribution >= 4 is 201 Å². The van der Waals surface area contributed by atoms with Crippen molar-refractivity contribution in [1.29, 1.82) is 0 Å².